The molecule has 8 nitrogen and oxygen atoms in total. The van der Waals surface area contributed by atoms with Gasteiger partial charge in [0.15, 0.2) is 0 Å². The van der Waals surface area contributed by atoms with E-state index in [0.29, 0.717) is 11.7 Å². The van der Waals surface area contributed by atoms with Gasteiger partial charge in [-0.3, -0.25) is 0 Å². The van der Waals surface area contributed by atoms with Crippen LogP contribution in [0.4, 0.5) is 10.6 Å². The van der Waals surface area contributed by atoms with Crippen LogP contribution in [0.5, 0.6) is 0 Å². The van der Waals surface area contributed by atoms with E-state index in [1.165, 1.54) is 6.33 Å². The van der Waals surface area contributed by atoms with E-state index >= 15 is 0 Å². The second-order valence-corrected chi connectivity index (χ2v) is 7.62. The summed E-state index contributed by atoms with van der Waals surface area (Å²) in [5, 5.41) is 7.75. The van der Waals surface area contributed by atoms with Gasteiger partial charge in [0, 0.05) is 24.2 Å². The van der Waals surface area contributed by atoms with Gasteiger partial charge in [-0.2, -0.15) is 14.6 Å². The normalized spacial score (nSPS) is 25.7. The van der Waals surface area contributed by atoms with E-state index in [4.69, 9.17) is 4.74 Å². The van der Waals surface area contributed by atoms with E-state index in [2.05, 4.69) is 20.4 Å². The molecule has 3 aliphatic rings. The van der Waals surface area contributed by atoms with Crippen LogP contribution in [0.3, 0.4) is 0 Å². The van der Waals surface area contributed by atoms with E-state index < -0.39 is 5.60 Å². The van der Waals surface area contributed by atoms with Crippen molar-refractivity contribution in [1.82, 2.24) is 24.5 Å². The molecular weight excluding hydrogens is 308 g/mol. The lowest BCUT2D eigenvalue weighted by atomic mass is 9.80. The molecule has 24 heavy (non-hydrogen) atoms. The number of hydrogen-bond acceptors (Lipinski definition) is 6. The monoisotopic (exact) mass is 330 g/mol. The molecular formula is C16H22N6O2. The molecule has 1 amide bonds. The number of ether oxygens (including phenoxy) is 1. The van der Waals surface area contributed by atoms with Gasteiger partial charge in [-0.1, -0.05) is 0 Å². The Morgan fingerprint density at radius 2 is 2.21 bits per heavy atom. The number of nitrogens with one attached hydrogen (secondary N) is 1. The summed E-state index contributed by atoms with van der Waals surface area (Å²) in [6, 6.07) is 2.33. The number of nitrogens with zero attached hydrogens (tertiary/aromatic N) is 5. The second-order valence-electron chi connectivity index (χ2n) is 7.62. The molecule has 0 unspecified atom stereocenters. The average molecular weight is 330 g/mol. The fourth-order valence-electron chi connectivity index (χ4n) is 3.57. The van der Waals surface area contributed by atoms with E-state index in [-0.39, 0.29) is 18.2 Å². The highest BCUT2D eigenvalue weighted by atomic mass is 16.6. The highest BCUT2D eigenvalue weighted by molar-refractivity contribution is 5.70. The van der Waals surface area contributed by atoms with Crippen LogP contribution < -0.4 is 5.32 Å². The summed E-state index contributed by atoms with van der Waals surface area (Å²) in [4.78, 5) is 22.7. The number of aryl methyl sites for hydroxylation is 1. The first-order valence-corrected chi connectivity index (χ1v) is 8.25. The Balaban J connectivity index is 1.51. The van der Waals surface area contributed by atoms with Crippen LogP contribution in [-0.4, -0.2) is 54.8 Å². The van der Waals surface area contributed by atoms with E-state index in [0.717, 1.165) is 24.5 Å². The van der Waals surface area contributed by atoms with Crippen molar-refractivity contribution in [1.29, 1.82) is 0 Å². The van der Waals surface area contributed by atoms with Crippen molar-refractivity contribution >= 4 is 17.7 Å². The first-order chi connectivity index (χ1) is 11.3. The fourth-order valence-corrected chi connectivity index (χ4v) is 3.57. The minimum Gasteiger partial charge on any atom is -0.444 e. The predicted molar refractivity (Wildman–Crippen MR) is 87.8 cm³/mol. The lowest BCUT2D eigenvalue weighted by molar-refractivity contribution is 0.0239. The number of fused-ring (bicyclic) bond motifs is 2. The highest BCUT2D eigenvalue weighted by Crippen LogP contribution is 2.43. The van der Waals surface area contributed by atoms with Crippen molar-refractivity contribution in [2.45, 2.75) is 51.8 Å². The molecule has 2 bridgehead atoms. The molecule has 3 fully saturated rings. The van der Waals surface area contributed by atoms with E-state index in [9.17, 15) is 4.79 Å². The smallest absolute Gasteiger partial charge is 0.410 e. The molecule has 5 rings (SSSR count). The zero-order valence-corrected chi connectivity index (χ0v) is 14.4. The summed E-state index contributed by atoms with van der Waals surface area (Å²) < 4.78 is 7.21. The summed E-state index contributed by atoms with van der Waals surface area (Å²) in [5.74, 6) is 1.88. The van der Waals surface area contributed by atoms with Gasteiger partial charge in [-0.15, -0.1) is 0 Å². The number of aromatic nitrogens is 4. The predicted octanol–water partition coefficient (Wildman–Crippen LogP) is 1.85. The Bertz CT molecular complexity index is 795. The largest absolute Gasteiger partial charge is 0.444 e. The van der Waals surface area contributed by atoms with Crippen LogP contribution in [0.25, 0.3) is 5.78 Å². The molecule has 2 aromatic heterocycles. The van der Waals surface area contributed by atoms with Gasteiger partial charge in [-0.05, 0) is 34.1 Å². The van der Waals surface area contributed by atoms with Crippen LogP contribution in [0.2, 0.25) is 0 Å². The topological polar surface area (TPSA) is 84.7 Å². The third kappa shape index (κ3) is 2.46. The number of amides is 1. The maximum atomic E-state index is 12.4. The Labute approximate surface area is 140 Å². The van der Waals surface area contributed by atoms with Crippen molar-refractivity contribution < 1.29 is 9.53 Å². The third-order valence-corrected chi connectivity index (χ3v) is 4.62. The molecule has 1 N–H and O–H groups in total. The van der Waals surface area contributed by atoms with Gasteiger partial charge in [0.25, 0.3) is 5.78 Å². The molecule has 3 atom stereocenters. The van der Waals surface area contributed by atoms with Crippen LogP contribution in [-0.2, 0) is 4.74 Å². The number of rotatable bonds is 2. The fraction of sp³-hybridized carbons (Fsp3) is 0.625. The van der Waals surface area contributed by atoms with Gasteiger partial charge in [0.2, 0.25) is 0 Å². The minimum atomic E-state index is -0.470. The average Bonchev–Trinajstić information content (AvgIpc) is 3.15. The maximum Gasteiger partial charge on any atom is 0.410 e. The Morgan fingerprint density at radius 1 is 1.42 bits per heavy atom. The molecule has 0 radical (unpaired) electrons. The summed E-state index contributed by atoms with van der Waals surface area (Å²) in [5.41, 5.74) is 0.413. The SMILES string of the molecule is Cc1cc(N[C@@H]2[C@H]3C[C@H]2N(C(=O)OC(C)(C)C)C3)n2ncnc2n1. The minimum absolute atomic E-state index is 0.164. The van der Waals surface area contributed by atoms with Crippen LogP contribution >= 0.6 is 0 Å². The maximum absolute atomic E-state index is 12.4. The Morgan fingerprint density at radius 3 is 2.96 bits per heavy atom. The highest BCUT2D eigenvalue weighted by Gasteiger charge is 2.54. The first kappa shape index (κ1) is 15.2. The van der Waals surface area contributed by atoms with Crippen LogP contribution in [0, 0.1) is 12.8 Å². The first-order valence-electron chi connectivity index (χ1n) is 8.25. The summed E-state index contributed by atoms with van der Waals surface area (Å²) in [6.45, 7) is 8.34. The van der Waals surface area contributed by atoms with Gasteiger partial charge >= 0.3 is 6.09 Å². The lowest BCUT2D eigenvalue weighted by Crippen LogP contribution is -2.50. The molecule has 2 aromatic rings. The zero-order chi connectivity index (χ0) is 17.1. The summed E-state index contributed by atoms with van der Waals surface area (Å²) >= 11 is 0. The van der Waals surface area contributed by atoms with Crippen molar-refractivity contribution in [2.75, 3.05) is 11.9 Å². The van der Waals surface area contributed by atoms with Crippen molar-refractivity contribution in [3.8, 4) is 0 Å². The Hall–Kier alpha value is -2.38. The molecule has 0 spiro atoms. The third-order valence-electron chi connectivity index (χ3n) is 4.62. The van der Waals surface area contributed by atoms with Crippen molar-refractivity contribution in [3.63, 3.8) is 0 Å². The summed E-state index contributed by atoms with van der Waals surface area (Å²) in [6.07, 6.45) is 2.28. The molecule has 4 heterocycles. The molecule has 1 saturated carbocycles. The number of carbonyl (C=O) groups excluding carboxylic acids is 1. The van der Waals surface area contributed by atoms with Crippen molar-refractivity contribution in [3.05, 3.63) is 18.1 Å². The lowest BCUT2D eigenvalue weighted by Gasteiger charge is -2.37. The molecule has 1 aliphatic carbocycles. The number of anilines is 1. The molecule has 2 saturated heterocycles. The van der Waals surface area contributed by atoms with Gasteiger partial charge in [0.05, 0.1) is 12.1 Å². The second kappa shape index (κ2) is 5.06. The van der Waals surface area contributed by atoms with Gasteiger partial charge < -0.3 is 15.0 Å². The molecule has 128 valence electrons. The zero-order valence-electron chi connectivity index (χ0n) is 14.4. The van der Waals surface area contributed by atoms with Gasteiger partial charge in [0.1, 0.15) is 17.7 Å². The van der Waals surface area contributed by atoms with Crippen molar-refractivity contribution in [2.24, 2.45) is 5.92 Å². The molecule has 0 aromatic carbocycles. The molecule has 8 heteroatoms. The Kier molecular flexibility index (Phi) is 3.20. The van der Waals surface area contributed by atoms with E-state index in [1.807, 2.05) is 38.7 Å². The molecule has 2 aliphatic heterocycles. The van der Waals surface area contributed by atoms with Crippen LogP contribution in [0.15, 0.2) is 12.4 Å². The quantitative estimate of drug-likeness (QED) is 0.904. The number of hydrogen-bond donors (Lipinski definition) is 1. The van der Waals surface area contributed by atoms with Crippen LogP contribution in [0.1, 0.15) is 32.9 Å². The van der Waals surface area contributed by atoms with E-state index in [1.54, 1.807) is 4.52 Å². The summed E-state index contributed by atoms with van der Waals surface area (Å²) in [7, 11) is 0. The van der Waals surface area contributed by atoms with Gasteiger partial charge in [-0.25, -0.2) is 9.78 Å². The standard InChI is InChI=1S/C16H22N6O2/c1-9-5-12(22-14(19-9)17-8-18-22)20-13-10-6-11(13)21(7-10)15(23)24-16(2,3)4/h5,8,10-11,13,20H,6-7H2,1-4H3/t10-,11+,13+/m0/s1. The number of carbonyl (C=O) groups is 1.